The number of rotatable bonds is 2. The topological polar surface area (TPSA) is 80.4 Å². The van der Waals surface area contributed by atoms with Crippen LogP contribution in [0.15, 0.2) is 12.1 Å². The molecule has 0 aliphatic carbocycles. The average molecular weight is 193 g/mol. The minimum atomic E-state index is -0.998. The van der Waals surface area contributed by atoms with Gasteiger partial charge in [0, 0.05) is 5.56 Å². The summed E-state index contributed by atoms with van der Waals surface area (Å²) in [5.74, 6) is -1.54. The number of primary amides is 1. The van der Waals surface area contributed by atoms with E-state index in [2.05, 4.69) is 0 Å². The van der Waals surface area contributed by atoms with E-state index in [1.54, 1.807) is 13.8 Å². The second kappa shape index (κ2) is 3.49. The Labute approximate surface area is 81.3 Å². The van der Waals surface area contributed by atoms with Gasteiger partial charge in [-0.1, -0.05) is 0 Å². The lowest BCUT2D eigenvalue weighted by Gasteiger charge is -2.06. The van der Waals surface area contributed by atoms with E-state index in [0.717, 1.165) is 0 Å². The summed E-state index contributed by atoms with van der Waals surface area (Å²) in [6.45, 7) is 3.29. The molecular weight excluding hydrogens is 182 g/mol. The number of carbonyl (C=O) groups excluding carboxylic acids is 1. The molecule has 0 fully saturated rings. The second-order valence-corrected chi connectivity index (χ2v) is 3.15. The molecule has 0 atom stereocenters. The predicted molar refractivity (Wildman–Crippen MR) is 51.4 cm³/mol. The molecule has 0 spiro atoms. The number of carboxylic acids is 1. The monoisotopic (exact) mass is 193 g/mol. The van der Waals surface area contributed by atoms with Crippen LogP contribution in [0, 0.1) is 13.8 Å². The molecule has 0 aromatic heterocycles. The minimum Gasteiger partial charge on any atom is -0.478 e. The van der Waals surface area contributed by atoms with Crippen LogP contribution in [-0.2, 0) is 0 Å². The molecule has 1 aromatic carbocycles. The van der Waals surface area contributed by atoms with Gasteiger partial charge in [-0.2, -0.15) is 0 Å². The van der Waals surface area contributed by atoms with E-state index in [9.17, 15) is 9.59 Å². The first-order valence-electron chi connectivity index (χ1n) is 4.08. The zero-order valence-electron chi connectivity index (χ0n) is 8.00. The van der Waals surface area contributed by atoms with Gasteiger partial charge in [0.05, 0.1) is 5.56 Å². The third-order valence-corrected chi connectivity index (χ3v) is 2.07. The van der Waals surface area contributed by atoms with Crippen LogP contribution in [0.2, 0.25) is 0 Å². The van der Waals surface area contributed by atoms with Crippen molar-refractivity contribution in [3.63, 3.8) is 0 Å². The van der Waals surface area contributed by atoms with Gasteiger partial charge in [0.1, 0.15) is 0 Å². The Morgan fingerprint density at radius 2 is 1.57 bits per heavy atom. The standard InChI is InChI=1S/C10H11NO3/c1-5-4-8(10(13)14)6(2)3-7(5)9(11)12/h3-4H,1-2H3,(H2,11,12)(H,13,14). The fraction of sp³-hybridized carbons (Fsp3) is 0.200. The fourth-order valence-electron chi connectivity index (χ4n) is 1.31. The lowest BCUT2D eigenvalue weighted by Crippen LogP contribution is -2.14. The number of benzene rings is 1. The van der Waals surface area contributed by atoms with Crippen molar-refractivity contribution in [3.05, 3.63) is 34.4 Å². The highest BCUT2D eigenvalue weighted by atomic mass is 16.4. The Kier molecular flexibility index (Phi) is 2.56. The van der Waals surface area contributed by atoms with Gasteiger partial charge in [-0.05, 0) is 37.1 Å². The molecule has 0 heterocycles. The van der Waals surface area contributed by atoms with E-state index in [1.807, 2.05) is 0 Å². The van der Waals surface area contributed by atoms with Crippen molar-refractivity contribution >= 4 is 11.9 Å². The highest BCUT2D eigenvalue weighted by molar-refractivity contribution is 5.97. The van der Waals surface area contributed by atoms with Gasteiger partial charge in [-0.25, -0.2) is 4.79 Å². The Morgan fingerprint density at radius 3 is 2.00 bits per heavy atom. The van der Waals surface area contributed by atoms with E-state index < -0.39 is 11.9 Å². The number of hydrogen-bond acceptors (Lipinski definition) is 2. The average Bonchev–Trinajstić information content (AvgIpc) is 2.07. The number of aromatic carboxylic acids is 1. The maximum atomic E-state index is 10.9. The first-order chi connectivity index (χ1) is 6.43. The van der Waals surface area contributed by atoms with Crippen molar-refractivity contribution in [1.29, 1.82) is 0 Å². The maximum Gasteiger partial charge on any atom is 0.335 e. The van der Waals surface area contributed by atoms with Crippen molar-refractivity contribution in [2.24, 2.45) is 5.73 Å². The molecule has 1 amide bonds. The second-order valence-electron chi connectivity index (χ2n) is 3.15. The summed E-state index contributed by atoms with van der Waals surface area (Å²) in [4.78, 5) is 21.7. The quantitative estimate of drug-likeness (QED) is 0.738. The molecule has 1 rings (SSSR count). The first kappa shape index (κ1) is 10.2. The molecule has 0 aliphatic rings. The van der Waals surface area contributed by atoms with Crippen LogP contribution < -0.4 is 5.73 Å². The lowest BCUT2D eigenvalue weighted by molar-refractivity contribution is 0.0695. The summed E-state index contributed by atoms with van der Waals surface area (Å²) in [7, 11) is 0. The summed E-state index contributed by atoms with van der Waals surface area (Å²) >= 11 is 0. The van der Waals surface area contributed by atoms with Gasteiger partial charge >= 0.3 is 5.97 Å². The third-order valence-electron chi connectivity index (χ3n) is 2.07. The highest BCUT2D eigenvalue weighted by Gasteiger charge is 2.12. The first-order valence-corrected chi connectivity index (χ1v) is 4.08. The van der Waals surface area contributed by atoms with Crippen molar-refractivity contribution in [2.45, 2.75) is 13.8 Å². The molecule has 14 heavy (non-hydrogen) atoms. The SMILES string of the molecule is Cc1cc(C(=O)O)c(C)cc1C(N)=O. The molecule has 0 unspecified atom stereocenters. The zero-order valence-corrected chi connectivity index (χ0v) is 8.00. The van der Waals surface area contributed by atoms with Crippen LogP contribution in [0.4, 0.5) is 0 Å². The molecule has 0 radical (unpaired) electrons. The Balaban J connectivity index is 3.38. The molecular formula is C10H11NO3. The van der Waals surface area contributed by atoms with Crippen molar-refractivity contribution in [2.75, 3.05) is 0 Å². The number of amides is 1. The molecule has 4 nitrogen and oxygen atoms in total. The van der Waals surface area contributed by atoms with Crippen LogP contribution in [-0.4, -0.2) is 17.0 Å². The van der Waals surface area contributed by atoms with Crippen LogP contribution in [0.5, 0.6) is 0 Å². The van der Waals surface area contributed by atoms with Gasteiger partial charge in [0.2, 0.25) is 5.91 Å². The third kappa shape index (κ3) is 1.74. The number of aryl methyl sites for hydroxylation is 2. The van der Waals surface area contributed by atoms with E-state index in [0.29, 0.717) is 16.7 Å². The van der Waals surface area contributed by atoms with Gasteiger partial charge < -0.3 is 10.8 Å². The molecule has 0 bridgehead atoms. The minimum absolute atomic E-state index is 0.201. The Hall–Kier alpha value is -1.84. The normalized spacial score (nSPS) is 9.86. The van der Waals surface area contributed by atoms with Gasteiger partial charge in [0.15, 0.2) is 0 Å². The number of carboxylic acid groups (broad SMARTS) is 1. The van der Waals surface area contributed by atoms with Crippen molar-refractivity contribution in [3.8, 4) is 0 Å². The van der Waals surface area contributed by atoms with Crippen LogP contribution in [0.25, 0.3) is 0 Å². The molecule has 0 saturated heterocycles. The fourth-order valence-corrected chi connectivity index (χ4v) is 1.31. The molecule has 74 valence electrons. The summed E-state index contributed by atoms with van der Waals surface area (Å²) in [5.41, 5.74) is 6.82. The van der Waals surface area contributed by atoms with Crippen LogP contribution in [0.1, 0.15) is 31.8 Å². The summed E-state index contributed by atoms with van der Waals surface area (Å²) < 4.78 is 0. The molecule has 1 aromatic rings. The number of nitrogens with two attached hydrogens (primary N) is 1. The van der Waals surface area contributed by atoms with Crippen molar-refractivity contribution in [1.82, 2.24) is 0 Å². The summed E-state index contributed by atoms with van der Waals surface area (Å²) in [5, 5.41) is 8.80. The maximum absolute atomic E-state index is 10.9. The van der Waals surface area contributed by atoms with E-state index in [1.165, 1.54) is 12.1 Å². The summed E-state index contributed by atoms with van der Waals surface area (Å²) in [6, 6.07) is 2.96. The van der Waals surface area contributed by atoms with E-state index in [-0.39, 0.29) is 5.56 Å². The number of hydrogen-bond donors (Lipinski definition) is 2. The number of carbonyl (C=O) groups is 2. The molecule has 0 aliphatic heterocycles. The van der Waals surface area contributed by atoms with Crippen LogP contribution >= 0.6 is 0 Å². The van der Waals surface area contributed by atoms with Crippen molar-refractivity contribution < 1.29 is 14.7 Å². The summed E-state index contributed by atoms with van der Waals surface area (Å²) in [6.07, 6.45) is 0. The van der Waals surface area contributed by atoms with Crippen LogP contribution in [0.3, 0.4) is 0 Å². The largest absolute Gasteiger partial charge is 0.478 e. The van der Waals surface area contributed by atoms with Gasteiger partial charge in [0.25, 0.3) is 0 Å². The molecule has 3 N–H and O–H groups in total. The lowest BCUT2D eigenvalue weighted by atomic mass is 10.00. The van der Waals surface area contributed by atoms with E-state index >= 15 is 0 Å². The smallest absolute Gasteiger partial charge is 0.335 e. The Bertz CT molecular complexity index is 370. The highest BCUT2D eigenvalue weighted by Crippen LogP contribution is 2.15. The van der Waals surface area contributed by atoms with E-state index in [4.69, 9.17) is 10.8 Å². The molecule has 4 heteroatoms. The zero-order chi connectivity index (χ0) is 10.9. The predicted octanol–water partition coefficient (Wildman–Crippen LogP) is 1.10. The van der Waals surface area contributed by atoms with Gasteiger partial charge in [-0.3, -0.25) is 4.79 Å². The van der Waals surface area contributed by atoms with Gasteiger partial charge in [-0.15, -0.1) is 0 Å². The molecule has 0 saturated carbocycles. The Morgan fingerprint density at radius 1 is 1.14 bits per heavy atom.